The standard InChI is InChI=1S/C16H15BrN4/c17-15-3-1-2-14(8-15)9-19-16-6-4-13(5-7-16)10-21-12-18-11-20-21/h1-8,11-12,19H,9-10H2. The molecule has 0 fully saturated rings. The van der Waals surface area contributed by atoms with Gasteiger partial charge in [0.25, 0.3) is 0 Å². The Morgan fingerprint density at radius 1 is 1.05 bits per heavy atom. The average molecular weight is 343 g/mol. The zero-order chi connectivity index (χ0) is 14.5. The predicted octanol–water partition coefficient (Wildman–Crippen LogP) is 3.70. The molecule has 0 saturated carbocycles. The van der Waals surface area contributed by atoms with Gasteiger partial charge in [-0.3, -0.25) is 0 Å². The molecule has 5 heteroatoms. The van der Waals surface area contributed by atoms with Crippen molar-refractivity contribution in [3.63, 3.8) is 0 Å². The summed E-state index contributed by atoms with van der Waals surface area (Å²) < 4.78 is 2.91. The molecule has 0 bridgehead atoms. The fourth-order valence-corrected chi connectivity index (χ4v) is 2.53. The quantitative estimate of drug-likeness (QED) is 0.768. The molecule has 106 valence electrons. The Morgan fingerprint density at radius 2 is 1.90 bits per heavy atom. The van der Waals surface area contributed by atoms with Crippen molar-refractivity contribution in [2.24, 2.45) is 0 Å². The van der Waals surface area contributed by atoms with Crippen molar-refractivity contribution >= 4 is 21.6 Å². The molecule has 0 unspecified atom stereocenters. The molecule has 0 spiro atoms. The fourth-order valence-electron chi connectivity index (χ4n) is 2.08. The van der Waals surface area contributed by atoms with Gasteiger partial charge in [-0.25, -0.2) is 9.67 Å². The van der Waals surface area contributed by atoms with Gasteiger partial charge < -0.3 is 5.32 Å². The van der Waals surface area contributed by atoms with E-state index in [1.165, 1.54) is 11.1 Å². The van der Waals surface area contributed by atoms with Gasteiger partial charge in [-0.15, -0.1) is 0 Å². The predicted molar refractivity (Wildman–Crippen MR) is 87.0 cm³/mol. The molecule has 0 aliphatic rings. The van der Waals surface area contributed by atoms with Crippen LogP contribution in [0.5, 0.6) is 0 Å². The molecule has 0 aliphatic carbocycles. The average Bonchev–Trinajstić information content (AvgIpc) is 3.00. The lowest BCUT2D eigenvalue weighted by atomic mass is 10.2. The first-order chi connectivity index (χ1) is 10.3. The van der Waals surface area contributed by atoms with Gasteiger partial charge in [-0.05, 0) is 35.4 Å². The summed E-state index contributed by atoms with van der Waals surface area (Å²) in [6, 6.07) is 16.7. The van der Waals surface area contributed by atoms with Gasteiger partial charge in [0.15, 0.2) is 0 Å². The van der Waals surface area contributed by atoms with E-state index in [9.17, 15) is 0 Å². The molecule has 1 aromatic heterocycles. The van der Waals surface area contributed by atoms with Crippen LogP contribution < -0.4 is 5.32 Å². The smallest absolute Gasteiger partial charge is 0.137 e. The van der Waals surface area contributed by atoms with Gasteiger partial charge >= 0.3 is 0 Å². The van der Waals surface area contributed by atoms with Crippen molar-refractivity contribution in [2.45, 2.75) is 13.1 Å². The lowest BCUT2D eigenvalue weighted by molar-refractivity contribution is 0.685. The number of nitrogens with one attached hydrogen (secondary N) is 1. The highest BCUT2D eigenvalue weighted by Crippen LogP contribution is 2.15. The van der Waals surface area contributed by atoms with Gasteiger partial charge in [0.1, 0.15) is 12.7 Å². The van der Waals surface area contributed by atoms with Crippen LogP contribution in [0.25, 0.3) is 0 Å². The summed E-state index contributed by atoms with van der Waals surface area (Å²) in [4.78, 5) is 3.94. The second-order valence-electron chi connectivity index (χ2n) is 4.77. The zero-order valence-electron chi connectivity index (χ0n) is 11.4. The summed E-state index contributed by atoms with van der Waals surface area (Å²) in [5, 5.41) is 7.52. The maximum Gasteiger partial charge on any atom is 0.137 e. The Morgan fingerprint density at radius 3 is 2.62 bits per heavy atom. The van der Waals surface area contributed by atoms with Crippen LogP contribution in [-0.2, 0) is 13.1 Å². The number of halogens is 1. The van der Waals surface area contributed by atoms with Crippen LogP contribution in [-0.4, -0.2) is 14.8 Å². The van der Waals surface area contributed by atoms with Gasteiger partial charge in [-0.2, -0.15) is 5.10 Å². The first-order valence-electron chi connectivity index (χ1n) is 6.69. The van der Waals surface area contributed by atoms with Gasteiger partial charge in [0, 0.05) is 16.7 Å². The molecule has 4 nitrogen and oxygen atoms in total. The SMILES string of the molecule is Brc1cccc(CNc2ccc(Cn3cncn3)cc2)c1. The third kappa shape index (κ3) is 3.92. The third-order valence-electron chi connectivity index (χ3n) is 3.15. The van der Waals surface area contributed by atoms with E-state index in [1.54, 1.807) is 12.7 Å². The lowest BCUT2D eigenvalue weighted by Crippen LogP contribution is -2.01. The van der Waals surface area contributed by atoms with Crippen LogP contribution in [0.1, 0.15) is 11.1 Å². The molecule has 0 saturated heterocycles. The molecule has 0 atom stereocenters. The van der Waals surface area contributed by atoms with Crippen molar-refractivity contribution in [3.8, 4) is 0 Å². The van der Waals surface area contributed by atoms with E-state index in [2.05, 4.69) is 67.7 Å². The second kappa shape index (κ2) is 6.54. The molecule has 3 aromatic rings. The molecule has 0 radical (unpaired) electrons. The lowest BCUT2D eigenvalue weighted by Gasteiger charge is -2.08. The van der Waals surface area contributed by atoms with Crippen LogP contribution in [0.4, 0.5) is 5.69 Å². The van der Waals surface area contributed by atoms with Crippen LogP contribution in [0.3, 0.4) is 0 Å². The molecule has 1 N–H and O–H groups in total. The Labute approximate surface area is 132 Å². The Kier molecular flexibility index (Phi) is 4.31. The van der Waals surface area contributed by atoms with Crippen molar-refractivity contribution in [1.82, 2.24) is 14.8 Å². The van der Waals surface area contributed by atoms with E-state index in [1.807, 2.05) is 16.8 Å². The van der Waals surface area contributed by atoms with Gasteiger partial charge in [0.05, 0.1) is 6.54 Å². The highest BCUT2D eigenvalue weighted by Gasteiger charge is 1.98. The van der Waals surface area contributed by atoms with Crippen LogP contribution >= 0.6 is 15.9 Å². The highest BCUT2D eigenvalue weighted by atomic mass is 79.9. The number of anilines is 1. The Hall–Kier alpha value is -2.14. The van der Waals surface area contributed by atoms with E-state index in [4.69, 9.17) is 0 Å². The number of nitrogens with zero attached hydrogens (tertiary/aromatic N) is 3. The maximum absolute atomic E-state index is 4.10. The minimum Gasteiger partial charge on any atom is -0.381 e. The van der Waals surface area contributed by atoms with E-state index in [0.717, 1.165) is 23.2 Å². The third-order valence-corrected chi connectivity index (χ3v) is 3.64. The van der Waals surface area contributed by atoms with Crippen molar-refractivity contribution in [2.75, 3.05) is 5.32 Å². The molecule has 3 rings (SSSR count). The minimum absolute atomic E-state index is 0.742. The first kappa shape index (κ1) is 13.8. The summed E-state index contributed by atoms with van der Waals surface area (Å²) in [6.07, 6.45) is 3.27. The summed E-state index contributed by atoms with van der Waals surface area (Å²) in [7, 11) is 0. The first-order valence-corrected chi connectivity index (χ1v) is 7.48. The van der Waals surface area contributed by atoms with Crippen LogP contribution in [0.2, 0.25) is 0 Å². The minimum atomic E-state index is 0.742. The monoisotopic (exact) mass is 342 g/mol. The Bertz CT molecular complexity index is 693. The number of hydrogen-bond acceptors (Lipinski definition) is 3. The topological polar surface area (TPSA) is 42.7 Å². The van der Waals surface area contributed by atoms with Crippen LogP contribution in [0.15, 0.2) is 65.7 Å². The van der Waals surface area contributed by atoms with Crippen LogP contribution in [0, 0.1) is 0 Å². The fraction of sp³-hybridized carbons (Fsp3) is 0.125. The zero-order valence-corrected chi connectivity index (χ0v) is 13.0. The summed E-state index contributed by atoms with van der Waals surface area (Å²) in [5.74, 6) is 0. The van der Waals surface area contributed by atoms with Gasteiger partial charge in [-0.1, -0.05) is 40.2 Å². The van der Waals surface area contributed by atoms with E-state index >= 15 is 0 Å². The van der Waals surface area contributed by atoms with Crippen molar-refractivity contribution in [3.05, 3.63) is 76.8 Å². The normalized spacial score (nSPS) is 10.5. The Balaban J connectivity index is 1.59. The molecule has 21 heavy (non-hydrogen) atoms. The number of rotatable bonds is 5. The molecule has 2 aromatic carbocycles. The molecular weight excluding hydrogens is 328 g/mol. The van der Waals surface area contributed by atoms with E-state index in [-0.39, 0.29) is 0 Å². The van der Waals surface area contributed by atoms with Crippen molar-refractivity contribution in [1.29, 1.82) is 0 Å². The number of hydrogen-bond donors (Lipinski definition) is 1. The molecule has 1 heterocycles. The summed E-state index contributed by atoms with van der Waals surface area (Å²) >= 11 is 3.48. The highest BCUT2D eigenvalue weighted by molar-refractivity contribution is 9.10. The summed E-state index contributed by atoms with van der Waals surface area (Å²) in [6.45, 7) is 1.55. The molecule has 0 aliphatic heterocycles. The van der Waals surface area contributed by atoms with Crippen molar-refractivity contribution < 1.29 is 0 Å². The molecule has 0 amide bonds. The maximum atomic E-state index is 4.10. The number of benzene rings is 2. The summed E-state index contributed by atoms with van der Waals surface area (Å²) in [5.41, 5.74) is 3.56. The number of aromatic nitrogens is 3. The second-order valence-corrected chi connectivity index (χ2v) is 5.69. The molecular formula is C16H15BrN4. The van der Waals surface area contributed by atoms with E-state index in [0.29, 0.717) is 0 Å². The largest absolute Gasteiger partial charge is 0.381 e. The van der Waals surface area contributed by atoms with Gasteiger partial charge in [0.2, 0.25) is 0 Å². The van der Waals surface area contributed by atoms with E-state index < -0.39 is 0 Å².